The average Bonchev–Trinajstić information content (AvgIpc) is 2.95. The lowest BCUT2D eigenvalue weighted by atomic mass is 10.2. The number of para-hydroxylation sites is 1. The number of methoxy groups -OCH3 is 1. The van der Waals surface area contributed by atoms with E-state index in [1.54, 1.807) is 0 Å². The second-order valence-electron chi connectivity index (χ2n) is 5.40. The molecule has 9 heteroatoms. The number of aromatic nitrogens is 2. The van der Waals surface area contributed by atoms with Gasteiger partial charge in [0, 0.05) is 27.3 Å². The Morgan fingerprint density at radius 1 is 1.36 bits per heavy atom. The van der Waals surface area contributed by atoms with E-state index >= 15 is 0 Å². The van der Waals surface area contributed by atoms with Gasteiger partial charge in [0.25, 0.3) is 5.91 Å². The SMILES string of the molecule is COCCCN(C)C(=O)c1nn(-c2ccccc2C(F)(F)F)cc1O. The van der Waals surface area contributed by atoms with Gasteiger partial charge in [0.05, 0.1) is 17.4 Å². The van der Waals surface area contributed by atoms with Crippen LogP contribution in [0.15, 0.2) is 30.5 Å². The molecule has 0 bridgehead atoms. The lowest BCUT2D eigenvalue weighted by Crippen LogP contribution is -2.29. The number of nitrogens with zero attached hydrogens (tertiary/aromatic N) is 3. The van der Waals surface area contributed by atoms with Gasteiger partial charge < -0.3 is 14.7 Å². The smallest absolute Gasteiger partial charge is 0.418 e. The van der Waals surface area contributed by atoms with Crippen molar-refractivity contribution >= 4 is 5.91 Å². The van der Waals surface area contributed by atoms with Crippen LogP contribution < -0.4 is 0 Å². The Morgan fingerprint density at radius 2 is 2.04 bits per heavy atom. The lowest BCUT2D eigenvalue weighted by molar-refractivity contribution is -0.137. The second-order valence-corrected chi connectivity index (χ2v) is 5.40. The molecule has 136 valence electrons. The Balaban J connectivity index is 2.31. The summed E-state index contributed by atoms with van der Waals surface area (Å²) in [5.41, 5.74) is -1.49. The van der Waals surface area contributed by atoms with E-state index < -0.39 is 23.4 Å². The van der Waals surface area contributed by atoms with Crippen LogP contribution in [0.5, 0.6) is 5.75 Å². The van der Waals surface area contributed by atoms with Gasteiger partial charge in [0.1, 0.15) is 0 Å². The van der Waals surface area contributed by atoms with Crippen LogP contribution >= 0.6 is 0 Å². The van der Waals surface area contributed by atoms with Gasteiger partial charge in [-0.05, 0) is 18.6 Å². The molecule has 0 fully saturated rings. The third-order valence-electron chi connectivity index (χ3n) is 3.54. The highest BCUT2D eigenvalue weighted by Gasteiger charge is 2.34. The lowest BCUT2D eigenvalue weighted by Gasteiger charge is -2.15. The molecular weight excluding hydrogens is 339 g/mol. The highest BCUT2D eigenvalue weighted by molar-refractivity contribution is 5.94. The van der Waals surface area contributed by atoms with Crippen molar-refractivity contribution in [1.82, 2.24) is 14.7 Å². The molecule has 0 radical (unpaired) electrons. The third-order valence-corrected chi connectivity index (χ3v) is 3.54. The molecule has 1 heterocycles. The first kappa shape index (κ1) is 18.8. The fourth-order valence-electron chi connectivity index (χ4n) is 2.28. The second kappa shape index (κ2) is 7.56. The van der Waals surface area contributed by atoms with Gasteiger partial charge in [-0.2, -0.15) is 18.3 Å². The van der Waals surface area contributed by atoms with Gasteiger partial charge in [-0.25, -0.2) is 4.68 Å². The maximum Gasteiger partial charge on any atom is 0.418 e. The van der Waals surface area contributed by atoms with Crippen molar-refractivity contribution < 1.29 is 27.8 Å². The van der Waals surface area contributed by atoms with Crippen LogP contribution in [-0.4, -0.2) is 53.0 Å². The molecule has 1 amide bonds. The molecule has 2 rings (SSSR count). The maximum atomic E-state index is 13.1. The normalized spacial score (nSPS) is 11.6. The molecule has 1 aromatic heterocycles. The Kier molecular flexibility index (Phi) is 5.68. The standard InChI is InChI=1S/C16H18F3N3O3/c1-21(8-5-9-25-2)15(24)14-13(23)10-22(20-14)12-7-4-3-6-11(12)16(17,18)19/h3-4,6-7,10,23H,5,8-9H2,1-2H3. The van der Waals surface area contributed by atoms with E-state index in [0.717, 1.165) is 16.9 Å². The fourth-order valence-corrected chi connectivity index (χ4v) is 2.28. The van der Waals surface area contributed by atoms with Gasteiger partial charge in [0.15, 0.2) is 11.4 Å². The van der Waals surface area contributed by atoms with Crippen LogP contribution in [0.2, 0.25) is 0 Å². The zero-order valence-electron chi connectivity index (χ0n) is 13.7. The number of hydrogen-bond donors (Lipinski definition) is 1. The third kappa shape index (κ3) is 4.30. The summed E-state index contributed by atoms with van der Waals surface area (Å²) in [7, 11) is 3.05. The van der Waals surface area contributed by atoms with Crippen molar-refractivity contribution in [3.8, 4) is 11.4 Å². The summed E-state index contributed by atoms with van der Waals surface area (Å²) in [6.07, 6.45) is -3.02. The van der Waals surface area contributed by atoms with Crippen molar-refractivity contribution in [3.05, 3.63) is 41.7 Å². The predicted molar refractivity (Wildman–Crippen MR) is 83.7 cm³/mol. The van der Waals surface area contributed by atoms with Crippen LogP contribution in [0.1, 0.15) is 22.5 Å². The van der Waals surface area contributed by atoms with Crippen LogP contribution in [0, 0.1) is 0 Å². The van der Waals surface area contributed by atoms with E-state index in [1.807, 2.05) is 0 Å². The number of rotatable bonds is 6. The first-order valence-corrected chi connectivity index (χ1v) is 7.45. The molecule has 0 aliphatic rings. The number of benzene rings is 1. The summed E-state index contributed by atoms with van der Waals surface area (Å²) < 4.78 is 45.1. The molecule has 0 saturated heterocycles. The van der Waals surface area contributed by atoms with E-state index in [1.165, 1.54) is 37.3 Å². The Bertz CT molecular complexity index is 744. The molecular formula is C16H18F3N3O3. The zero-order valence-corrected chi connectivity index (χ0v) is 13.7. The molecule has 0 atom stereocenters. The molecule has 2 aromatic rings. The Hall–Kier alpha value is -2.55. The highest BCUT2D eigenvalue weighted by Crippen LogP contribution is 2.34. The maximum absolute atomic E-state index is 13.1. The molecule has 0 aliphatic heterocycles. The molecule has 0 aliphatic carbocycles. The number of aromatic hydroxyl groups is 1. The monoisotopic (exact) mass is 357 g/mol. The van der Waals surface area contributed by atoms with Crippen molar-refractivity contribution in [2.45, 2.75) is 12.6 Å². The van der Waals surface area contributed by atoms with E-state index in [-0.39, 0.29) is 11.4 Å². The Morgan fingerprint density at radius 3 is 2.68 bits per heavy atom. The Labute approximate surface area is 142 Å². The number of carbonyl (C=O) groups excluding carboxylic acids is 1. The van der Waals surface area contributed by atoms with E-state index in [4.69, 9.17) is 4.74 Å². The predicted octanol–water partition coefficient (Wildman–Crippen LogP) is 2.71. The van der Waals surface area contributed by atoms with Crippen LogP contribution in [0.4, 0.5) is 13.2 Å². The summed E-state index contributed by atoms with van der Waals surface area (Å²) in [5, 5.41) is 13.8. The van der Waals surface area contributed by atoms with Crippen molar-refractivity contribution in [2.24, 2.45) is 0 Å². The number of ether oxygens (including phenoxy) is 1. The van der Waals surface area contributed by atoms with Gasteiger partial charge in [-0.1, -0.05) is 12.1 Å². The van der Waals surface area contributed by atoms with E-state index in [9.17, 15) is 23.1 Å². The van der Waals surface area contributed by atoms with E-state index in [2.05, 4.69) is 5.10 Å². The highest BCUT2D eigenvalue weighted by atomic mass is 19.4. The molecule has 6 nitrogen and oxygen atoms in total. The molecule has 1 N–H and O–H groups in total. The summed E-state index contributed by atoms with van der Waals surface area (Å²) in [5.74, 6) is -1.07. The van der Waals surface area contributed by atoms with Crippen LogP contribution in [-0.2, 0) is 10.9 Å². The minimum atomic E-state index is -4.58. The topological polar surface area (TPSA) is 67.6 Å². The number of alkyl halides is 3. The number of halogens is 3. The van der Waals surface area contributed by atoms with Gasteiger partial charge >= 0.3 is 6.18 Å². The quantitative estimate of drug-likeness (QED) is 0.808. The van der Waals surface area contributed by atoms with E-state index in [0.29, 0.717) is 19.6 Å². The summed E-state index contributed by atoms with van der Waals surface area (Å²) >= 11 is 0. The first-order chi connectivity index (χ1) is 11.8. The van der Waals surface area contributed by atoms with Crippen molar-refractivity contribution in [2.75, 3.05) is 27.3 Å². The number of hydrogen-bond acceptors (Lipinski definition) is 4. The fraction of sp³-hybridized carbons (Fsp3) is 0.375. The molecule has 0 unspecified atom stereocenters. The zero-order chi connectivity index (χ0) is 18.6. The summed E-state index contributed by atoms with van der Waals surface area (Å²) in [4.78, 5) is 13.6. The minimum absolute atomic E-state index is 0.272. The van der Waals surface area contributed by atoms with Crippen LogP contribution in [0.25, 0.3) is 5.69 Å². The summed E-state index contributed by atoms with van der Waals surface area (Å²) in [6.45, 7) is 0.815. The van der Waals surface area contributed by atoms with Gasteiger partial charge in [0.2, 0.25) is 0 Å². The minimum Gasteiger partial charge on any atom is -0.504 e. The molecule has 25 heavy (non-hydrogen) atoms. The largest absolute Gasteiger partial charge is 0.504 e. The number of amides is 1. The molecule has 0 saturated carbocycles. The van der Waals surface area contributed by atoms with Gasteiger partial charge in [-0.15, -0.1) is 0 Å². The van der Waals surface area contributed by atoms with Crippen LogP contribution in [0.3, 0.4) is 0 Å². The van der Waals surface area contributed by atoms with Crippen molar-refractivity contribution in [1.29, 1.82) is 0 Å². The average molecular weight is 357 g/mol. The number of carbonyl (C=O) groups is 1. The van der Waals surface area contributed by atoms with Gasteiger partial charge in [-0.3, -0.25) is 4.79 Å². The molecule has 0 spiro atoms. The summed E-state index contributed by atoms with van der Waals surface area (Å²) in [6, 6.07) is 4.80. The first-order valence-electron chi connectivity index (χ1n) is 7.45. The van der Waals surface area contributed by atoms with Crippen molar-refractivity contribution in [3.63, 3.8) is 0 Å². The molecule has 1 aromatic carbocycles.